The lowest BCUT2D eigenvalue weighted by atomic mass is 10.1. The number of guanidine groups is 1. The van der Waals surface area contributed by atoms with Crippen LogP contribution in [0.1, 0.15) is 17.0 Å². The number of benzene rings is 2. The van der Waals surface area contributed by atoms with Gasteiger partial charge in [0, 0.05) is 24.8 Å². The van der Waals surface area contributed by atoms with Crippen molar-refractivity contribution in [2.24, 2.45) is 4.99 Å². The molecule has 0 amide bonds. The molecule has 0 bridgehead atoms. The van der Waals surface area contributed by atoms with Crippen molar-refractivity contribution in [1.29, 1.82) is 0 Å². The predicted molar refractivity (Wildman–Crippen MR) is 106 cm³/mol. The van der Waals surface area contributed by atoms with Gasteiger partial charge in [0.15, 0.2) is 11.8 Å². The summed E-state index contributed by atoms with van der Waals surface area (Å²) in [5, 5.41) is 14.8. The number of aryl methyl sites for hydroxylation is 1. The third-order valence-electron chi connectivity index (χ3n) is 4.18. The molecule has 2 aromatic carbocycles. The number of rotatable bonds is 6. The fourth-order valence-corrected chi connectivity index (χ4v) is 2.74. The lowest BCUT2D eigenvalue weighted by Gasteiger charge is -2.14. The molecule has 0 aliphatic carbocycles. The minimum Gasteiger partial charge on any atom is -0.496 e. The van der Waals surface area contributed by atoms with Crippen LogP contribution < -0.4 is 15.4 Å². The molecule has 27 heavy (non-hydrogen) atoms. The van der Waals surface area contributed by atoms with Gasteiger partial charge in [0.25, 0.3) is 0 Å². The van der Waals surface area contributed by atoms with E-state index in [4.69, 9.17) is 4.74 Å². The maximum absolute atomic E-state index is 5.45. The third kappa shape index (κ3) is 4.63. The number of aromatic nitrogens is 3. The van der Waals surface area contributed by atoms with Gasteiger partial charge in [-0.05, 0) is 30.7 Å². The predicted octanol–water partition coefficient (Wildman–Crippen LogP) is 2.45. The molecule has 7 nitrogen and oxygen atoms in total. The molecule has 140 valence electrons. The highest BCUT2D eigenvalue weighted by molar-refractivity contribution is 5.79. The Balaban J connectivity index is 1.62. The molecule has 0 aliphatic heterocycles. The summed E-state index contributed by atoms with van der Waals surface area (Å²) < 4.78 is 7.40. The van der Waals surface area contributed by atoms with Crippen LogP contribution in [0.3, 0.4) is 0 Å². The standard InChI is InChI=1S/C20H24N6O/c1-15-9-10-16(18(11-15)27-3)12-22-20(21-2)23-13-19-25-24-14-26(19)17-7-5-4-6-8-17/h4-11,14H,12-13H2,1-3H3,(H2,21,22,23). The first kappa shape index (κ1) is 18.4. The lowest BCUT2D eigenvalue weighted by Crippen LogP contribution is -2.37. The fraction of sp³-hybridized carbons (Fsp3) is 0.250. The van der Waals surface area contributed by atoms with Crippen LogP contribution >= 0.6 is 0 Å². The van der Waals surface area contributed by atoms with Crippen LogP contribution in [0.5, 0.6) is 5.75 Å². The van der Waals surface area contributed by atoms with E-state index < -0.39 is 0 Å². The molecule has 0 atom stereocenters. The quantitative estimate of drug-likeness (QED) is 0.519. The van der Waals surface area contributed by atoms with Crippen LogP contribution in [0.4, 0.5) is 0 Å². The van der Waals surface area contributed by atoms with E-state index in [2.05, 4.69) is 38.0 Å². The summed E-state index contributed by atoms with van der Waals surface area (Å²) in [5.74, 6) is 2.35. The molecule has 1 aromatic heterocycles. The molecule has 0 radical (unpaired) electrons. The van der Waals surface area contributed by atoms with E-state index in [9.17, 15) is 0 Å². The largest absolute Gasteiger partial charge is 0.496 e. The Morgan fingerprint density at radius 3 is 2.63 bits per heavy atom. The van der Waals surface area contributed by atoms with Gasteiger partial charge in [0.05, 0.1) is 13.7 Å². The highest BCUT2D eigenvalue weighted by Crippen LogP contribution is 2.19. The van der Waals surface area contributed by atoms with E-state index in [-0.39, 0.29) is 0 Å². The number of para-hydroxylation sites is 1. The number of hydrogen-bond acceptors (Lipinski definition) is 4. The zero-order valence-corrected chi connectivity index (χ0v) is 15.8. The van der Waals surface area contributed by atoms with Crippen LogP contribution in [0.2, 0.25) is 0 Å². The van der Waals surface area contributed by atoms with Gasteiger partial charge in [-0.15, -0.1) is 10.2 Å². The molecule has 0 unspecified atom stereocenters. The van der Waals surface area contributed by atoms with Crippen molar-refractivity contribution in [3.05, 3.63) is 71.8 Å². The van der Waals surface area contributed by atoms with E-state index in [0.29, 0.717) is 19.0 Å². The van der Waals surface area contributed by atoms with E-state index in [1.54, 1.807) is 20.5 Å². The first-order valence-corrected chi connectivity index (χ1v) is 8.73. The third-order valence-corrected chi connectivity index (χ3v) is 4.18. The lowest BCUT2D eigenvalue weighted by molar-refractivity contribution is 0.408. The average Bonchev–Trinajstić information content (AvgIpc) is 3.18. The number of nitrogens with one attached hydrogen (secondary N) is 2. The molecule has 1 heterocycles. The van der Waals surface area contributed by atoms with Crippen LogP contribution in [0.15, 0.2) is 59.9 Å². The van der Waals surface area contributed by atoms with E-state index >= 15 is 0 Å². The van der Waals surface area contributed by atoms with Crippen LogP contribution in [-0.2, 0) is 13.1 Å². The molecular formula is C20H24N6O. The molecule has 0 fully saturated rings. The van der Waals surface area contributed by atoms with Crippen LogP contribution in [-0.4, -0.2) is 34.9 Å². The van der Waals surface area contributed by atoms with Gasteiger partial charge in [0.1, 0.15) is 12.1 Å². The van der Waals surface area contributed by atoms with Crippen LogP contribution in [0, 0.1) is 6.92 Å². The van der Waals surface area contributed by atoms with Crippen molar-refractivity contribution >= 4 is 5.96 Å². The maximum atomic E-state index is 5.45. The summed E-state index contributed by atoms with van der Waals surface area (Å²) in [6.07, 6.45) is 1.71. The number of nitrogens with zero attached hydrogens (tertiary/aromatic N) is 4. The Kier molecular flexibility index (Phi) is 6.04. The first-order valence-electron chi connectivity index (χ1n) is 8.73. The number of aliphatic imine (C=N–C) groups is 1. The second-order valence-corrected chi connectivity index (χ2v) is 6.05. The van der Waals surface area contributed by atoms with Gasteiger partial charge in [-0.2, -0.15) is 0 Å². The van der Waals surface area contributed by atoms with Gasteiger partial charge < -0.3 is 15.4 Å². The Labute approximate surface area is 159 Å². The minimum atomic E-state index is 0.500. The molecule has 3 rings (SSSR count). The monoisotopic (exact) mass is 364 g/mol. The smallest absolute Gasteiger partial charge is 0.191 e. The van der Waals surface area contributed by atoms with Gasteiger partial charge >= 0.3 is 0 Å². The van der Waals surface area contributed by atoms with E-state index in [1.165, 1.54) is 5.56 Å². The second kappa shape index (κ2) is 8.84. The van der Waals surface area contributed by atoms with Crippen molar-refractivity contribution in [2.45, 2.75) is 20.0 Å². The SMILES string of the molecule is CN=C(NCc1ccc(C)cc1OC)NCc1nncn1-c1ccccc1. The molecule has 0 aliphatic rings. The van der Waals surface area contributed by atoms with E-state index in [1.807, 2.05) is 47.9 Å². The highest BCUT2D eigenvalue weighted by Gasteiger charge is 2.08. The summed E-state index contributed by atoms with van der Waals surface area (Å²) in [5.41, 5.74) is 3.25. The molecule has 7 heteroatoms. The fourth-order valence-electron chi connectivity index (χ4n) is 2.74. The Morgan fingerprint density at radius 1 is 1.11 bits per heavy atom. The summed E-state index contributed by atoms with van der Waals surface area (Å²) in [6, 6.07) is 16.1. The molecule has 0 saturated carbocycles. The van der Waals surface area contributed by atoms with Crippen molar-refractivity contribution < 1.29 is 4.74 Å². The van der Waals surface area contributed by atoms with E-state index in [0.717, 1.165) is 22.8 Å². The summed E-state index contributed by atoms with van der Waals surface area (Å²) in [7, 11) is 3.42. The number of hydrogen-bond donors (Lipinski definition) is 2. The average molecular weight is 364 g/mol. The van der Waals surface area contributed by atoms with Crippen molar-refractivity contribution in [3.63, 3.8) is 0 Å². The summed E-state index contributed by atoms with van der Waals surface area (Å²) in [6.45, 7) is 3.15. The molecule has 2 N–H and O–H groups in total. The summed E-state index contributed by atoms with van der Waals surface area (Å²) in [4.78, 5) is 4.27. The molecular weight excluding hydrogens is 340 g/mol. The Morgan fingerprint density at radius 2 is 1.89 bits per heavy atom. The van der Waals surface area contributed by atoms with Gasteiger partial charge in [0.2, 0.25) is 0 Å². The minimum absolute atomic E-state index is 0.500. The topological polar surface area (TPSA) is 76.4 Å². The number of methoxy groups -OCH3 is 1. The Bertz CT molecular complexity index is 904. The number of ether oxygens (including phenoxy) is 1. The van der Waals surface area contributed by atoms with Crippen molar-refractivity contribution in [1.82, 2.24) is 25.4 Å². The van der Waals surface area contributed by atoms with Crippen LogP contribution in [0.25, 0.3) is 5.69 Å². The normalized spacial score (nSPS) is 11.3. The summed E-state index contributed by atoms with van der Waals surface area (Å²) >= 11 is 0. The van der Waals surface area contributed by atoms with Gasteiger partial charge in [-0.3, -0.25) is 9.56 Å². The highest BCUT2D eigenvalue weighted by atomic mass is 16.5. The van der Waals surface area contributed by atoms with Crippen molar-refractivity contribution in [3.8, 4) is 11.4 Å². The molecule has 0 spiro atoms. The van der Waals surface area contributed by atoms with Gasteiger partial charge in [-0.25, -0.2) is 0 Å². The second-order valence-electron chi connectivity index (χ2n) is 6.05. The molecule has 3 aromatic rings. The maximum Gasteiger partial charge on any atom is 0.191 e. The Hall–Kier alpha value is -3.35. The zero-order chi connectivity index (χ0) is 19.1. The van der Waals surface area contributed by atoms with Gasteiger partial charge in [-0.1, -0.05) is 30.3 Å². The first-order chi connectivity index (χ1) is 13.2. The van der Waals surface area contributed by atoms with Crippen molar-refractivity contribution in [2.75, 3.05) is 14.2 Å². The molecule has 0 saturated heterocycles. The zero-order valence-electron chi connectivity index (χ0n) is 15.8.